The Morgan fingerprint density at radius 1 is 1.41 bits per heavy atom. The van der Waals surface area contributed by atoms with Crippen molar-refractivity contribution >= 4 is 0 Å². The minimum absolute atomic E-state index is 0.0835. The second-order valence-corrected chi connectivity index (χ2v) is 4.96. The summed E-state index contributed by atoms with van der Waals surface area (Å²) in [5.74, 6) is 0.615. The molecule has 1 aliphatic carbocycles. The van der Waals surface area contributed by atoms with Crippen molar-refractivity contribution in [1.29, 1.82) is 5.26 Å². The number of benzene rings is 1. The summed E-state index contributed by atoms with van der Waals surface area (Å²) in [7, 11) is 2.07. The number of rotatable bonds is 4. The quantitative estimate of drug-likeness (QED) is 0.857. The summed E-state index contributed by atoms with van der Waals surface area (Å²) in [4.78, 5) is 2.23. The van der Waals surface area contributed by atoms with Gasteiger partial charge in [-0.2, -0.15) is 5.26 Å². The number of aliphatic hydroxyl groups is 1. The summed E-state index contributed by atoms with van der Waals surface area (Å²) in [6.45, 7) is 1.80. The van der Waals surface area contributed by atoms with Gasteiger partial charge in [0.15, 0.2) is 0 Å². The second kappa shape index (κ2) is 5.31. The average molecular weight is 230 g/mol. The fourth-order valence-electron chi connectivity index (χ4n) is 2.41. The van der Waals surface area contributed by atoms with Gasteiger partial charge in [-0.25, -0.2) is 0 Å². The maximum absolute atomic E-state index is 9.24. The van der Waals surface area contributed by atoms with E-state index in [1.54, 1.807) is 0 Å². The van der Waals surface area contributed by atoms with Gasteiger partial charge in [-0.05, 0) is 37.4 Å². The fraction of sp³-hybridized carbons (Fsp3) is 0.500. The molecular weight excluding hydrogens is 212 g/mol. The molecule has 1 N–H and O–H groups in total. The summed E-state index contributed by atoms with van der Waals surface area (Å²) in [6, 6.07) is 9.95. The van der Waals surface area contributed by atoms with Crippen LogP contribution in [0.25, 0.3) is 0 Å². The van der Waals surface area contributed by atoms with Crippen molar-refractivity contribution in [1.82, 2.24) is 4.90 Å². The van der Waals surface area contributed by atoms with Gasteiger partial charge < -0.3 is 10.0 Å². The Balaban J connectivity index is 1.89. The fourth-order valence-corrected chi connectivity index (χ4v) is 2.41. The Bertz CT molecular complexity index is 418. The first-order valence-electron chi connectivity index (χ1n) is 6.03. The Hall–Kier alpha value is -1.37. The van der Waals surface area contributed by atoms with Crippen molar-refractivity contribution in [2.45, 2.75) is 25.5 Å². The largest absolute Gasteiger partial charge is 0.393 e. The van der Waals surface area contributed by atoms with E-state index in [0.717, 1.165) is 37.1 Å². The second-order valence-electron chi connectivity index (χ2n) is 4.96. The standard InChI is InChI=1S/C14H18N2O/c1-16(9-11-6-14(17)7-11)10-13-5-3-2-4-12(13)8-15/h2-5,11,14,17H,6-7,9-10H2,1H3. The monoisotopic (exact) mass is 230 g/mol. The highest BCUT2D eigenvalue weighted by Gasteiger charge is 2.27. The molecule has 0 radical (unpaired) electrons. The van der Waals surface area contributed by atoms with E-state index in [4.69, 9.17) is 5.26 Å². The van der Waals surface area contributed by atoms with E-state index in [2.05, 4.69) is 18.0 Å². The molecule has 3 nitrogen and oxygen atoms in total. The maximum Gasteiger partial charge on any atom is 0.0995 e. The van der Waals surface area contributed by atoms with Crippen LogP contribution in [0.2, 0.25) is 0 Å². The van der Waals surface area contributed by atoms with Crippen molar-refractivity contribution in [3.05, 3.63) is 35.4 Å². The van der Waals surface area contributed by atoms with Crippen LogP contribution in [0.15, 0.2) is 24.3 Å². The van der Waals surface area contributed by atoms with Crippen LogP contribution in [0, 0.1) is 17.2 Å². The molecule has 1 saturated carbocycles. The average Bonchev–Trinajstić information content (AvgIpc) is 2.27. The Morgan fingerprint density at radius 3 is 2.76 bits per heavy atom. The smallest absolute Gasteiger partial charge is 0.0995 e. The van der Waals surface area contributed by atoms with Gasteiger partial charge in [0.1, 0.15) is 0 Å². The molecule has 0 unspecified atom stereocenters. The maximum atomic E-state index is 9.24. The Labute approximate surface area is 102 Å². The predicted molar refractivity (Wildman–Crippen MR) is 66.2 cm³/mol. The van der Waals surface area contributed by atoms with Crippen molar-refractivity contribution < 1.29 is 5.11 Å². The van der Waals surface area contributed by atoms with Crippen LogP contribution in [0.5, 0.6) is 0 Å². The van der Waals surface area contributed by atoms with Crippen molar-refractivity contribution in [2.75, 3.05) is 13.6 Å². The topological polar surface area (TPSA) is 47.3 Å². The summed E-state index contributed by atoms with van der Waals surface area (Å²) < 4.78 is 0. The van der Waals surface area contributed by atoms with E-state index >= 15 is 0 Å². The molecule has 17 heavy (non-hydrogen) atoms. The molecule has 0 aliphatic heterocycles. The Morgan fingerprint density at radius 2 is 2.12 bits per heavy atom. The number of nitrogens with zero attached hydrogens (tertiary/aromatic N) is 2. The number of hydrogen-bond acceptors (Lipinski definition) is 3. The van der Waals surface area contributed by atoms with E-state index in [-0.39, 0.29) is 6.10 Å². The lowest BCUT2D eigenvalue weighted by molar-refractivity contribution is 0.0274. The molecule has 90 valence electrons. The molecule has 0 atom stereocenters. The highest BCUT2D eigenvalue weighted by atomic mass is 16.3. The van der Waals surface area contributed by atoms with E-state index in [0.29, 0.717) is 5.92 Å². The van der Waals surface area contributed by atoms with Crippen molar-refractivity contribution in [3.63, 3.8) is 0 Å². The van der Waals surface area contributed by atoms with Gasteiger partial charge >= 0.3 is 0 Å². The highest BCUT2D eigenvalue weighted by molar-refractivity contribution is 5.37. The summed E-state index contributed by atoms with van der Waals surface area (Å²) in [6.07, 6.45) is 1.76. The zero-order valence-electron chi connectivity index (χ0n) is 10.1. The first-order chi connectivity index (χ1) is 8.19. The Kier molecular flexibility index (Phi) is 3.78. The first-order valence-corrected chi connectivity index (χ1v) is 6.03. The van der Waals surface area contributed by atoms with Crippen LogP contribution in [-0.2, 0) is 6.54 Å². The number of aliphatic hydroxyl groups excluding tert-OH is 1. The zero-order valence-corrected chi connectivity index (χ0v) is 10.1. The highest BCUT2D eigenvalue weighted by Crippen LogP contribution is 2.28. The molecule has 1 aliphatic rings. The molecular formula is C14H18N2O. The minimum Gasteiger partial charge on any atom is -0.393 e. The molecule has 0 heterocycles. The molecule has 1 aromatic carbocycles. The van der Waals surface area contributed by atoms with E-state index in [1.165, 1.54) is 0 Å². The lowest BCUT2D eigenvalue weighted by Gasteiger charge is -2.34. The van der Waals surface area contributed by atoms with Gasteiger partial charge in [0.2, 0.25) is 0 Å². The lowest BCUT2D eigenvalue weighted by Crippen LogP contribution is -2.36. The van der Waals surface area contributed by atoms with Gasteiger partial charge in [-0.15, -0.1) is 0 Å². The number of hydrogen-bond donors (Lipinski definition) is 1. The first kappa shape index (κ1) is 12.1. The van der Waals surface area contributed by atoms with Crippen LogP contribution in [0.3, 0.4) is 0 Å². The summed E-state index contributed by atoms with van der Waals surface area (Å²) in [5, 5.41) is 18.2. The molecule has 2 rings (SSSR count). The molecule has 0 spiro atoms. The third-order valence-corrected chi connectivity index (χ3v) is 3.36. The molecule has 3 heteroatoms. The van der Waals surface area contributed by atoms with Crippen LogP contribution < -0.4 is 0 Å². The molecule has 1 fully saturated rings. The van der Waals surface area contributed by atoms with E-state index in [9.17, 15) is 5.11 Å². The summed E-state index contributed by atoms with van der Waals surface area (Å²) >= 11 is 0. The molecule has 0 bridgehead atoms. The molecule has 0 saturated heterocycles. The third kappa shape index (κ3) is 3.06. The predicted octanol–water partition coefficient (Wildman–Crippen LogP) is 1.76. The van der Waals surface area contributed by atoms with E-state index < -0.39 is 0 Å². The van der Waals surface area contributed by atoms with Crippen LogP contribution in [-0.4, -0.2) is 29.7 Å². The minimum atomic E-state index is -0.0835. The van der Waals surface area contributed by atoms with E-state index in [1.807, 2.05) is 24.3 Å². The van der Waals surface area contributed by atoms with Gasteiger partial charge in [-0.3, -0.25) is 0 Å². The van der Waals surface area contributed by atoms with Gasteiger partial charge in [0.05, 0.1) is 17.7 Å². The van der Waals surface area contributed by atoms with Crippen LogP contribution in [0.1, 0.15) is 24.0 Å². The molecule has 0 amide bonds. The zero-order chi connectivity index (χ0) is 12.3. The lowest BCUT2D eigenvalue weighted by atomic mass is 9.82. The normalized spacial score (nSPS) is 23.2. The summed E-state index contributed by atoms with van der Waals surface area (Å²) in [5.41, 5.74) is 1.84. The molecule has 1 aromatic rings. The molecule has 0 aromatic heterocycles. The van der Waals surface area contributed by atoms with Crippen LogP contribution in [0.4, 0.5) is 0 Å². The van der Waals surface area contributed by atoms with Gasteiger partial charge in [0.25, 0.3) is 0 Å². The van der Waals surface area contributed by atoms with Crippen molar-refractivity contribution in [2.24, 2.45) is 5.92 Å². The number of nitriles is 1. The SMILES string of the molecule is CN(Cc1ccccc1C#N)CC1CC(O)C1. The van der Waals surface area contributed by atoms with Crippen molar-refractivity contribution in [3.8, 4) is 6.07 Å². The van der Waals surface area contributed by atoms with Crippen LogP contribution >= 0.6 is 0 Å². The van der Waals surface area contributed by atoms with Gasteiger partial charge in [-0.1, -0.05) is 18.2 Å². The van der Waals surface area contributed by atoms with Gasteiger partial charge in [0, 0.05) is 13.1 Å². The third-order valence-electron chi connectivity index (χ3n) is 3.36.